The predicted molar refractivity (Wildman–Crippen MR) is 156 cm³/mol. The van der Waals surface area contributed by atoms with Crippen LogP contribution >= 0.6 is 0 Å². The van der Waals surface area contributed by atoms with Crippen LogP contribution in [0.4, 0.5) is 23.2 Å². The minimum atomic E-state index is -3.72. The number of hydrogen-bond donors (Lipinski definition) is 2. The van der Waals surface area contributed by atoms with Crippen LogP contribution in [-0.4, -0.2) is 66.7 Å². The Morgan fingerprint density at radius 1 is 1.02 bits per heavy atom. The molecule has 2 heterocycles. The molecular weight excluding hydrogens is 586 g/mol. The van der Waals surface area contributed by atoms with Crippen molar-refractivity contribution in [3.8, 4) is 0 Å². The molecule has 0 saturated carbocycles. The van der Waals surface area contributed by atoms with Crippen molar-refractivity contribution < 1.29 is 30.8 Å². The van der Waals surface area contributed by atoms with E-state index >= 15 is 4.39 Å². The minimum Gasteiger partial charge on any atom is -0.324 e. The predicted octanol–water partition coefficient (Wildman–Crippen LogP) is 4.59. The standard InChI is InChI=1S/C30H35F4N5O3S/c1-3-38(4-2)43(41,42)39-12-11-35-17-25(39)9-10-26-28(34)18-36-19-29(26)37-30(40)16-27(20-5-7-22(31)8-6-20)21-13-23(32)15-24(33)14-21/h5-8,13-15,18-19,25,27,35H,3-4,9-12,16-17H2,1-2H3,(H,37,40)/t25-,27?/m0/s1. The number of benzene rings is 2. The van der Waals surface area contributed by atoms with E-state index in [2.05, 4.69) is 15.6 Å². The quantitative estimate of drug-likeness (QED) is 0.289. The molecule has 3 aromatic rings. The number of carbonyl (C=O) groups is 1. The van der Waals surface area contributed by atoms with E-state index in [1.807, 2.05) is 0 Å². The second-order valence-corrected chi connectivity index (χ2v) is 12.2. The number of aromatic nitrogens is 1. The molecule has 0 spiro atoms. The van der Waals surface area contributed by atoms with E-state index in [-0.39, 0.29) is 42.6 Å². The fraction of sp³-hybridized carbons (Fsp3) is 0.400. The number of nitrogens with zero attached hydrogens (tertiary/aromatic N) is 3. The summed E-state index contributed by atoms with van der Waals surface area (Å²) in [4.78, 5) is 17.1. The molecule has 1 amide bonds. The van der Waals surface area contributed by atoms with E-state index in [9.17, 15) is 26.4 Å². The molecule has 1 aromatic heterocycles. The maximum absolute atomic E-state index is 15.1. The summed E-state index contributed by atoms with van der Waals surface area (Å²) in [5.74, 6) is -4.24. The van der Waals surface area contributed by atoms with Gasteiger partial charge in [-0.2, -0.15) is 17.0 Å². The van der Waals surface area contributed by atoms with Crippen LogP contribution in [0.3, 0.4) is 0 Å². The second kappa shape index (κ2) is 14.4. The minimum absolute atomic E-state index is 0.107. The van der Waals surface area contributed by atoms with Crippen LogP contribution < -0.4 is 10.6 Å². The molecule has 1 aliphatic heterocycles. The molecule has 2 aromatic carbocycles. The maximum atomic E-state index is 15.1. The van der Waals surface area contributed by atoms with Gasteiger partial charge in [0.1, 0.15) is 23.3 Å². The van der Waals surface area contributed by atoms with Crippen LogP contribution in [0, 0.1) is 23.3 Å². The molecule has 1 unspecified atom stereocenters. The smallest absolute Gasteiger partial charge is 0.282 e. The van der Waals surface area contributed by atoms with Gasteiger partial charge in [-0.3, -0.25) is 9.78 Å². The number of pyridine rings is 1. The summed E-state index contributed by atoms with van der Waals surface area (Å²) in [5.41, 5.74) is 0.897. The summed E-state index contributed by atoms with van der Waals surface area (Å²) in [6, 6.07) is 7.73. The van der Waals surface area contributed by atoms with Gasteiger partial charge >= 0.3 is 0 Å². The zero-order chi connectivity index (χ0) is 31.1. The van der Waals surface area contributed by atoms with E-state index < -0.39 is 51.3 Å². The van der Waals surface area contributed by atoms with Gasteiger partial charge in [0.15, 0.2) is 0 Å². The van der Waals surface area contributed by atoms with E-state index in [0.29, 0.717) is 37.8 Å². The first kappa shape index (κ1) is 32.5. The van der Waals surface area contributed by atoms with E-state index in [0.717, 1.165) is 18.3 Å². The van der Waals surface area contributed by atoms with E-state index in [4.69, 9.17) is 0 Å². The Kier molecular flexibility index (Phi) is 10.9. The van der Waals surface area contributed by atoms with Crippen molar-refractivity contribution in [3.05, 3.63) is 94.8 Å². The highest BCUT2D eigenvalue weighted by Crippen LogP contribution is 2.31. The van der Waals surface area contributed by atoms with Crippen molar-refractivity contribution in [2.75, 3.05) is 38.0 Å². The fourth-order valence-corrected chi connectivity index (χ4v) is 7.24. The topological polar surface area (TPSA) is 94.6 Å². The van der Waals surface area contributed by atoms with Gasteiger partial charge in [0, 0.05) is 62.7 Å². The highest BCUT2D eigenvalue weighted by Gasteiger charge is 2.35. The van der Waals surface area contributed by atoms with Crippen LogP contribution in [-0.2, 0) is 21.4 Å². The van der Waals surface area contributed by atoms with Crippen LogP contribution in [0.1, 0.15) is 49.3 Å². The summed E-state index contributed by atoms with van der Waals surface area (Å²) in [6.45, 7) is 5.34. The molecule has 1 saturated heterocycles. The normalized spacial score (nSPS) is 16.8. The highest BCUT2D eigenvalue weighted by atomic mass is 32.2. The molecule has 2 N–H and O–H groups in total. The van der Waals surface area contributed by atoms with Crippen molar-refractivity contribution in [2.45, 2.75) is 45.1 Å². The largest absolute Gasteiger partial charge is 0.324 e. The van der Waals surface area contributed by atoms with E-state index in [1.54, 1.807) is 13.8 Å². The van der Waals surface area contributed by atoms with Gasteiger partial charge in [-0.15, -0.1) is 0 Å². The average Bonchev–Trinajstić information content (AvgIpc) is 2.96. The molecule has 13 heteroatoms. The third-order valence-electron chi connectivity index (χ3n) is 7.58. The molecule has 2 atom stereocenters. The van der Waals surface area contributed by atoms with Crippen LogP contribution in [0.15, 0.2) is 54.9 Å². The zero-order valence-electron chi connectivity index (χ0n) is 24.0. The monoisotopic (exact) mass is 621 g/mol. The fourth-order valence-electron chi connectivity index (χ4n) is 5.41. The number of carbonyl (C=O) groups excluding carboxylic acids is 1. The summed E-state index contributed by atoms with van der Waals surface area (Å²) < 4.78 is 86.2. The lowest BCUT2D eigenvalue weighted by atomic mass is 9.88. The Hall–Kier alpha value is -3.39. The number of rotatable bonds is 12. The molecule has 1 fully saturated rings. The number of piperazine rings is 1. The number of amides is 1. The summed E-state index contributed by atoms with van der Waals surface area (Å²) in [5, 5.41) is 5.87. The molecule has 0 radical (unpaired) electrons. The Morgan fingerprint density at radius 2 is 1.70 bits per heavy atom. The molecule has 8 nitrogen and oxygen atoms in total. The van der Waals surface area contributed by atoms with E-state index in [1.165, 1.54) is 39.1 Å². The second-order valence-electron chi connectivity index (χ2n) is 10.3. The first-order valence-electron chi connectivity index (χ1n) is 14.1. The molecule has 4 rings (SSSR count). The Labute approximate surface area is 249 Å². The van der Waals surface area contributed by atoms with Crippen LogP contribution in [0.5, 0.6) is 0 Å². The number of anilines is 1. The Balaban J connectivity index is 1.54. The first-order valence-corrected chi connectivity index (χ1v) is 15.5. The Morgan fingerprint density at radius 3 is 2.35 bits per heavy atom. The zero-order valence-corrected chi connectivity index (χ0v) is 24.8. The molecule has 0 bridgehead atoms. The summed E-state index contributed by atoms with van der Waals surface area (Å²) in [6.07, 6.45) is 2.42. The van der Waals surface area contributed by atoms with Gasteiger partial charge in [-0.1, -0.05) is 26.0 Å². The lowest BCUT2D eigenvalue weighted by Gasteiger charge is -2.38. The third-order valence-corrected chi connectivity index (χ3v) is 9.82. The lowest BCUT2D eigenvalue weighted by Crippen LogP contribution is -2.57. The van der Waals surface area contributed by atoms with Gasteiger partial charge < -0.3 is 10.6 Å². The Bertz CT molecular complexity index is 1500. The van der Waals surface area contributed by atoms with Crippen LogP contribution in [0.2, 0.25) is 0 Å². The van der Waals surface area contributed by atoms with Crippen molar-refractivity contribution in [1.82, 2.24) is 18.9 Å². The lowest BCUT2D eigenvalue weighted by molar-refractivity contribution is -0.116. The van der Waals surface area contributed by atoms with Crippen molar-refractivity contribution in [1.29, 1.82) is 0 Å². The molecular formula is C30H35F4N5O3S. The highest BCUT2D eigenvalue weighted by molar-refractivity contribution is 7.86. The third kappa shape index (κ3) is 7.96. The van der Waals surface area contributed by atoms with Gasteiger partial charge in [0.05, 0.1) is 18.1 Å². The van der Waals surface area contributed by atoms with Gasteiger partial charge in [-0.05, 0) is 48.2 Å². The van der Waals surface area contributed by atoms with Gasteiger partial charge in [-0.25, -0.2) is 17.6 Å². The van der Waals surface area contributed by atoms with Gasteiger partial charge in [0.2, 0.25) is 5.91 Å². The van der Waals surface area contributed by atoms with Crippen molar-refractivity contribution in [2.24, 2.45) is 0 Å². The SMILES string of the molecule is CCN(CC)S(=O)(=O)N1CCNC[C@@H]1CCc1c(F)cncc1NC(=O)CC(c1ccc(F)cc1)c1cc(F)cc(F)c1. The number of hydrogen-bond acceptors (Lipinski definition) is 5. The first-order chi connectivity index (χ1) is 20.5. The van der Waals surface area contributed by atoms with Crippen LogP contribution in [0.25, 0.3) is 0 Å². The van der Waals surface area contributed by atoms with Crippen molar-refractivity contribution >= 4 is 21.8 Å². The van der Waals surface area contributed by atoms with Crippen molar-refractivity contribution in [3.63, 3.8) is 0 Å². The summed E-state index contributed by atoms with van der Waals surface area (Å²) >= 11 is 0. The summed E-state index contributed by atoms with van der Waals surface area (Å²) in [7, 11) is -3.72. The molecule has 43 heavy (non-hydrogen) atoms. The molecule has 0 aliphatic carbocycles. The molecule has 1 aliphatic rings. The average molecular weight is 622 g/mol. The molecule has 232 valence electrons. The maximum Gasteiger partial charge on any atom is 0.282 e. The number of halogens is 4. The number of nitrogens with one attached hydrogen (secondary N) is 2. The van der Waals surface area contributed by atoms with Gasteiger partial charge in [0.25, 0.3) is 10.2 Å².